The molecule has 0 radical (unpaired) electrons. The summed E-state index contributed by atoms with van der Waals surface area (Å²) in [7, 11) is 0. The molecule has 1 aliphatic heterocycles. The highest BCUT2D eigenvalue weighted by Crippen LogP contribution is 2.43. The second-order valence-corrected chi connectivity index (χ2v) is 4.62. The maximum Gasteiger partial charge on any atom is 0.267 e. The Morgan fingerprint density at radius 1 is 1.24 bits per heavy atom. The SMILES string of the molecule is CCOC1(c2ccc(F)cc2)C(=O)Nc2ncc(F)cc21. The third-order valence-corrected chi connectivity index (χ3v) is 3.40. The average Bonchev–Trinajstić information content (AvgIpc) is 2.73. The summed E-state index contributed by atoms with van der Waals surface area (Å²) in [5.41, 5.74) is -0.789. The first kappa shape index (κ1) is 13.6. The number of carbonyl (C=O) groups is 1. The summed E-state index contributed by atoms with van der Waals surface area (Å²) in [5, 5.41) is 2.58. The number of aromatic nitrogens is 1. The van der Waals surface area contributed by atoms with Gasteiger partial charge in [0.25, 0.3) is 5.91 Å². The highest BCUT2D eigenvalue weighted by atomic mass is 19.1. The van der Waals surface area contributed by atoms with Crippen molar-refractivity contribution in [1.29, 1.82) is 0 Å². The number of ether oxygens (including phenoxy) is 1. The Bertz CT molecular complexity index is 703. The molecule has 0 saturated carbocycles. The van der Waals surface area contributed by atoms with Crippen molar-refractivity contribution in [3.8, 4) is 0 Å². The van der Waals surface area contributed by atoms with E-state index in [9.17, 15) is 13.6 Å². The number of hydrogen-bond donors (Lipinski definition) is 1. The summed E-state index contributed by atoms with van der Waals surface area (Å²) in [5.74, 6) is -1.22. The Balaban J connectivity index is 2.24. The van der Waals surface area contributed by atoms with Gasteiger partial charge in [-0.15, -0.1) is 0 Å². The van der Waals surface area contributed by atoms with Crippen molar-refractivity contribution in [2.75, 3.05) is 11.9 Å². The van der Waals surface area contributed by atoms with Crippen LogP contribution in [0.3, 0.4) is 0 Å². The summed E-state index contributed by atoms with van der Waals surface area (Å²) in [4.78, 5) is 16.3. The largest absolute Gasteiger partial charge is 0.356 e. The zero-order chi connectivity index (χ0) is 15.0. The zero-order valence-corrected chi connectivity index (χ0v) is 11.2. The molecule has 1 N–H and O–H groups in total. The van der Waals surface area contributed by atoms with E-state index in [4.69, 9.17) is 4.74 Å². The monoisotopic (exact) mass is 290 g/mol. The summed E-state index contributed by atoms with van der Waals surface area (Å²) < 4.78 is 32.3. The van der Waals surface area contributed by atoms with Gasteiger partial charge in [-0.2, -0.15) is 0 Å². The normalized spacial score (nSPS) is 20.2. The van der Waals surface area contributed by atoms with Crippen LogP contribution in [-0.4, -0.2) is 17.5 Å². The number of amides is 1. The lowest BCUT2D eigenvalue weighted by molar-refractivity contribution is -0.135. The highest BCUT2D eigenvalue weighted by molar-refractivity contribution is 6.06. The topological polar surface area (TPSA) is 51.2 Å². The van der Waals surface area contributed by atoms with E-state index < -0.39 is 23.1 Å². The minimum Gasteiger partial charge on any atom is -0.356 e. The quantitative estimate of drug-likeness (QED) is 0.945. The van der Waals surface area contributed by atoms with E-state index in [0.29, 0.717) is 11.1 Å². The zero-order valence-electron chi connectivity index (χ0n) is 11.2. The van der Waals surface area contributed by atoms with Gasteiger partial charge in [-0.1, -0.05) is 12.1 Å². The number of nitrogens with one attached hydrogen (secondary N) is 1. The number of carbonyl (C=O) groups excluding carboxylic acids is 1. The van der Waals surface area contributed by atoms with Crippen molar-refractivity contribution in [3.63, 3.8) is 0 Å². The first-order chi connectivity index (χ1) is 10.1. The lowest BCUT2D eigenvalue weighted by Crippen LogP contribution is -2.38. The maximum absolute atomic E-state index is 13.5. The third kappa shape index (κ3) is 1.99. The van der Waals surface area contributed by atoms with Gasteiger partial charge in [0.05, 0.1) is 6.20 Å². The number of rotatable bonds is 3. The minimum absolute atomic E-state index is 0.223. The van der Waals surface area contributed by atoms with Crippen LogP contribution in [0.25, 0.3) is 0 Å². The van der Waals surface area contributed by atoms with Crippen LogP contribution in [0.15, 0.2) is 36.5 Å². The minimum atomic E-state index is -1.51. The molecule has 2 heterocycles. The number of fused-ring (bicyclic) bond motifs is 1. The molecular formula is C15H12F2N2O2. The van der Waals surface area contributed by atoms with Crippen molar-refractivity contribution >= 4 is 11.7 Å². The molecule has 1 aromatic carbocycles. The van der Waals surface area contributed by atoms with Crippen molar-refractivity contribution in [1.82, 2.24) is 4.98 Å². The van der Waals surface area contributed by atoms with Gasteiger partial charge in [-0.05, 0) is 30.7 Å². The summed E-state index contributed by atoms with van der Waals surface area (Å²) in [6.07, 6.45) is 1.02. The van der Waals surface area contributed by atoms with Gasteiger partial charge in [0.1, 0.15) is 17.5 Å². The molecule has 4 nitrogen and oxygen atoms in total. The fourth-order valence-corrected chi connectivity index (χ4v) is 2.54. The number of benzene rings is 1. The van der Waals surface area contributed by atoms with Gasteiger partial charge in [0.2, 0.25) is 5.60 Å². The molecule has 0 aliphatic carbocycles. The average molecular weight is 290 g/mol. The van der Waals surface area contributed by atoms with Gasteiger partial charge < -0.3 is 10.1 Å². The van der Waals surface area contributed by atoms with E-state index in [-0.39, 0.29) is 12.4 Å². The Morgan fingerprint density at radius 3 is 2.62 bits per heavy atom. The van der Waals surface area contributed by atoms with Crippen LogP contribution in [0.2, 0.25) is 0 Å². The van der Waals surface area contributed by atoms with Gasteiger partial charge in [-0.25, -0.2) is 13.8 Å². The molecule has 0 bridgehead atoms. The van der Waals surface area contributed by atoms with Crippen LogP contribution in [0.4, 0.5) is 14.6 Å². The smallest absolute Gasteiger partial charge is 0.267 e. The Morgan fingerprint density at radius 2 is 1.95 bits per heavy atom. The fourth-order valence-electron chi connectivity index (χ4n) is 2.54. The van der Waals surface area contributed by atoms with Crippen LogP contribution < -0.4 is 5.32 Å². The third-order valence-electron chi connectivity index (χ3n) is 3.40. The number of hydrogen-bond acceptors (Lipinski definition) is 3. The first-order valence-electron chi connectivity index (χ1n) is 6.45. The Kier molecular flexibility index (Phi) is 3.17. The van der Waals surface area contributed by atoms with Crippen LogP contribution in [0.1, 0.15) is 18.1 Å². The van der Waals surface area contributed by atoms with Gasteiger partial charge >= 0.3 is 0 Å². The van der Waals surface area contributed by atoms with Crippen molar-refractivity contribution < 1.29 is 18.3 Å². The number of anilines is 1. The van der Waals surface area contributed by atoms with Gasteiger partial charge in [0.15, 0.2) is 0 Å². The molecule has 108 valence electrons. The molecule has 21 heavy (non-hydrogen) atoms. The van der Waals surface area contributed by atoms with Crippen molar-refractivity contribution in [2.45, 2.75) is 12.5 Å². The Labute approximate surface area is 119 Å². The summed E-state index contributed by atoms with van der Waals surface area (Å²) >= 11 is 0. The van der Waals surface area contributed by atoms with E-state index >= 15 is 0 Å². The molecule has 1 aromatic heterocycles. The van der Waals surface area contributed by atoms with E-state index in [1.165, 1.54) is 30.3 Å². The molecule has 1 unspecified atom stereocenters. The van der Waals surface area contributed by atoms with Crippen molar-refractivity contribution in [2.24, 2.45) is 0 Å². The maximum atomic E-state index is 13.5. The molecular weight excluding hydrogens is 278 g/mol. The predicted molar refractivity (Wildman–Crippen MR) is 71.6 cm³/mol. The predicted octanol–water partition coefficient (Wildman–Crippen LogP) is 2.59. The summed E-state index contributed by atoms with van der Waals surface area (Å²) in [6, 6.07) is 6.57. The van der Waals surface area contributed by atoms with Crippen LogP contribution >= 0.6 is 0 Å². The highest BCUT2D eigenvalue weighted by Gasteiger charge is 2.50. The molecule has 0 fully saturated rings. The first-order valence-corrected chi connectivity index (χ1v) is 6.45. The number of pyridine rings is 1. The van der Waals surface area contributed by atoms with Crippen molar-refractivity contribution in [3.05, 3.63) is 59.3 Å². The molecule has 3 rings (SSSR count). The van der Waals surface area contributed by atoms with Crippen LogP contribution in [-0.2, 0) is 15.1 Å². The molecule has 2 aromatic rings. The molecule has 6 heteroatoms. The molecule has 1 aliphatic rings. The molecule has 1 amide bonds. The van der Waals surface area contributed by atoms with Gasteiger partial charge in [-0.3, -0.25) is 4.79 Å². The number of nitrogens with zero attached hydrogens (tertiary/aromatic N) is 1. The second kappa shape index (κ2) is 4.89. The molecule has 0 saturated heterocycles. The lowest BCUT2D eigenvalue weighted by Gasteiger charge is -2.27. The standard InChI is InChI=1S/C15H12F2N2O2/c1-2-21-15(9-3-5-10(16)6-4-9)12-7-11(17)8-18-13(12)19-14(15)20/h3-8H,2H2,1H3,(H,18,19,20). The van der Waals surface area contributed by atoms with Crippen LogP contribution in [0.5, 0.6) is 0 Å². The molecule has 0 spiro atoms. The molecule has 1 atom stereocenters. The van der Waals surface area contributed by atoms with Gasteiger partial charge in [0, 0.05) is 12.2 Å². The van der Waals surface area contributed by atoms with E-state index in [0.717, 1.165) is 6.20 Å². The van der Waals surface area contributed by atoms with E-state index in [1.807, 2.05) is 0 Å². The van der Waals surface area contributed by atoms with Crippen LogP contribution in [0, 0.1) is 11.6 Å². The Hall–Kier alpha value is -2.34. The number of halogens is 2. The van der Waals surface area contributed by atoms with E-state index in [2.05, 4.69) is 10.3 Å². The van der Waals surface area contributed by atoms with E-state index in [1.54, 1.807) is 6.92 Å². The second-order valence-electron chi connectivity index (χ2n) is 4.62. The summed E-state index contributed by atoms with van der Waals surface area (Å²) in [6.45, 7) is 1.95. The fraction of sp³-hybridized carbons (Fsp3) is 0.200. The lowest BCUT2D eigenvalue weighted by atomic mass is 9.88.